The van der Waals surface area contributed by atoms with Gasteiger partial charge in [0, 0.05) is 19.2 Å². The molecule has 1 saturated carbocycles. The predicted molar refractivity (Wildman–Crippen MR) is 92.9 cm³/mol. The van der Waals surface area contributed by atoms with Gasteiger partial charge in [0.05, 0.1) is 6.10 Å². The highest BCUT2D eigenvalue weighted by atomic mass is 16.5. The zero-order valence-electron chi connectivity index (χ0n) is 13.9. The van der Waals surface area contributed by atoms with Crippen LogP contribution >= 0.6 is 0 Å². The van der Waals surface area contributed by atoms with E-state index in [1.165, 1.54) is 0 Å². The molecule has 0 heterocycles. The highest BCUT2D eigenvalue weighted by molar-refractivity contribution is 5.94. The number of para-hydroxylation sites is 1. The minimum Gasteiger partial charge on any atom is -0.489 e. The number of ether oxygens (including phenoxy) is 1. The molecule has 0 bridgehead atoms. The lowest BCUT2D eigenvalue weighted by molar-refractivity contribution is 0.0645. The molecule has 1 N–H and O–H groups in total. The minimum atomic E-state index is -0.405. The molecule has 0 saturated heterocycles. The van der Waals surface area contributed by atoms with Gasteiger partial charge in [-0.25, -0.2) is 0 Å². The summed E-state index contributed by atoms with van der Waals surface area (Å²) in [6.07, 6.45) is 1.73. The molecule has 1 aliphatic rings. The van der Waals surface area contributed by atoms with E-state index in [4.69, 9.17) is 4.74 Å². The Balaban J connectivity index is 1.54. The summed E-state index contributed by atoms with van der Waals surface area (Å²) in [5.41, 5.74) is 1.64. The molecule has 1 aliphatic carbocycles. The summed E-state index contributed by atoms with van der Waals surface area (Å²) >= 11 is 0. The summed E-state index contributed by atoms with van der Waals surface area (Å²) < 4.78 is 5.70. The molecule has 0 aliphatic heterocycles. The molecule has 0 radical (unpaired) electrons. The Labute approximate surface area is 142 Å². The maximum absolute atomic E-state index is 12.4. The van der Waals surface area contributed by atoms with E-state index in [0.717, 1.165) is 24.2 Å². The van der Waals surface area contributed by atoms with E-state index in [2.05, 4.69) is 0 Å². The summed E-state index contributed by atoms with van der Waals surface area (Å²) in [6.45, 7) is 0.858. The number of rotatable bonds is 7. The molecule has 126 valence electrons. The molecule has 4 heteroatoms. The number of carbonyl (C=O) groups is 1. The first-order valence-corrected chi connectivity index (χ1v) is 8.34. The predicted octanol–water partition coefficient (Wildman–Crippen LogP) is 3.11. The van der Waals surface area contributed by atoms with E-state index in [9.17, 15) is 9.90 Å². The number of amides is 1. The van der Waals surface area contributed by atoms with Crippen molar-refractivity contribution in [1.82, 2.24) is 4.90 Å². The van der Waals surface area contributed by atoms with Crippen molar-refractivity contribution in [2.75, 3.05) is 13.6 Å². The zero-order chi connectivity index (χ0) is 16.9. The maximum Gasteiger partial charge on any atom is 0.253 e. The van der Waals surface area contributed by atoms with Crippen LogP contribution < -0.4 is 4.74 Å². The third-order valence-electron chi connectivity index (χ3n) is 4.32. The average molecular weight is 325 g/mol. The standard InChI is InChI=1S/C20H23NO3/c1-21(13-19(22)16-11-12-16)20(23)17-9-7-15(8-10-17)14-24-18-5-3-2-4-6-18/h2-10,16,19,22H,11-14H2,1H3. The van der Waals surface area contributed by atoms with Crippen LogP contribution in [0.4, 0.5) is 0 Å². The molecule has 0 spiro atoms. The van der Waals surface area contributed by atoms with Crippen LogP contribution in [0.25, 0.3) is 0 Å². The Bertz CT molecular complexity index is 665. The lowest BCUT2D eigenvalue weighted by Gasteiger charge is -2.21. The highest BCUT2D eigenvalue weighted by Crippen LogP contribution is 2.32. The summed E-state index contributed by atoms with van der Waals surface area (Å²) in [5.74, 6) is 1.13. The number of aliphatic hydroxyl groups is 1. The third-order valence-corrected chi connectivity index (χ3v) is 4.32. The fourth-order valence-corrected chi connectivity index (χ4v) is 2.64. The van der Waals surface area contributed by atoms with Gasteiger partial charge < -0.3 is 14.7 Å². The summed E-state index contributed by atoms with van der Waals surface area (Å²) in [6, 6.07) is 17.1. The maximum atomic E-state index is 12.4. The first-order valence-electron chi connectivity index (χ1n) is 8.34. The second-order valence-corrected chi connectivity index (χ2v) is 6.39. The number of nitrogens with zero attached hydrogens (tertiary/aromatic N) is 1. The summed E-state index contributed by atoms with van der Waals surface area (Å²) in [5, 5.41) is 9.97. The van der Waals surface area contributed by atoms with Crippen LogP contribution in [0.15, 0.2) is 54.6 Å². The van der Waals surface area contributed by atoms with Gasteiger partial charge >= 0.3 is 0 Å². The van der Waals surface area contributed by atoms with Crippen molar-refractivity contribution in [2.24, 2.45) is 5.92 Å². The van der Waals surface area contributed by atoms with Gasteiger partial charge in [0.2, 0.25) is 0 Å². The lowest BCUT2D eigenvalue weighted by Crippen LogP contribution is -2.35. The van der Waals surface area contributed by atoms with Gasteiger partial charge in [0.1, 0.15) is 12.4 Å². The topological polar surface area (TPSA) is 49.8 Å². The molecule has 2 aromatic carbocycles. The Morgan fingerprint density at radius 3 is 2.46 bits per heavy atom. The molecule has 4 nitrogen and oxygen atoms in total. The molecule has 1 unspecified atom stereocenters. The average Bonchev–Trinajstić information content (AvgIpc) is 3.46. The molecule has 2 aromatic rings. The molecule has 1 atom stereocenters. The Morgan fingerprint density at radius 1 is 1.17 bits per heavy atom. The largest absolute Gasteiger partial charge is 0.489 e. The number of hydrogen-bond donors (Lipinski definition) is 1. The summed E-state index contributed by atoms with van der Waals surface area (Å²) in [4.78, 5) is 14.0. The van der Waals surface area contributed by atoms with E-state index >= 15 is 0 Å². The van der Waals surface area contributed by atoms with Crippen LogP contribution in [0, 0.1) is 5.92 Å². The fourth-order valence-electron chi connectivity index (χ4n) is 2.64. The quantitative estimate of drug-likeness (QED) is 0.851. The SMILES string of the molecule is CN(CC(O)C1CC1)C(=O)c1ccc(COc2ccccc2)cc1. The van der Waals surface area contributed by atoms with Gasteiger partial charge in [-0.15, -0.1) is 0 Å². The van der Waals surface area contributed by atoms with Crippen LogP contribution in [0.3, 0.4) is 0 Å². The highest BCUT2D eigenvalue weighted by Gasteiger charge is 2.31. The second-order valence-electron chi connectivity index (χ2n) is 6.39. The van der Waals surface area contributed by atoms with Crippen LogP contribution in [-0.2, 0) is 6.61 Å². The summed E-state index contributed by atoms with van der Waals surface area (Å²) in [7, 11) is 1.74. The van der Waals surface area contributed by atoms with Crippen molar-refractivity contribution in [3.8, 4) is 5.75 Å². The fraction of sp³-hybridized carbons (Fsp3) is 0.350. The van der Waals surface area contributed by atoms with Crippen molar-refractivity contribution in [2.45, 2.75) is 25.6 Å². The van der Waals surface area contributed by atoms with Crippen LogP contribution in [0.1, 0.15) is 28.8 Å². The van der Waals surface area contributed by atoms with Crippen molar-refractivity contribution in [3.63, 3.8) is 0 Å². The molecule has 24 heavy (non-hydrogen) atoms. The van der Waals surface area contributed by atoms with E-state index < -0.39 is 6.10 Å². The number of aliphatic hydroxyl groups excluding tert-OH is 1. The van der Waals surface area contributed by atoms with Crippen LogP contribution in [0.2, 0.25) is 0 Å². The Kier molecular flexibility index (Phi) is 5.16. The number of hydrogen-bond acceptors (Lipinski definition) is 3. The molecule has 1 fully saturated rings. The van der Waals surface area contributed by atoms with E-state index in [-0.39, 0.29) is 5.91 Å². The second kappa shape index (κ2) is 7.49. The van der Waals surface area contributed by atoms with Gasteiger partial charge in [-0.05, 0) is 48.6 Å². The smallest absolute Gasteiger partial charge is 0.253 e. The minimum absolute atomic E-state index is 0.0646. The first kappa shape index (κ1) is 16.5. The monoisotopic (exact) mass is 325 g/mol. The van der Waals surface area contributed by atoms with E-state index in [1.807, 2.05) is 54.6 Å². The van der Waals surface area contributed by atoms with Gasteiger partial charge in [-0.3, -0.25) is 4.79 Å². The lowest BCUT2D eigenvalue weighted by atomic mass is 10.1. The normalized spacial score (nSPS) is 14.9. The third kappa shape index (κ3) is 4.36. The molecular formula is C20H23NO3. The zero-order valence-corrected chi connectivity index (χ0v) is 13.9. The van der Waals surface area contributed by atoms with Gasteiger partial charge in [-0.2, -0.15) is 0 Å². The van der Waals surface area contributed by atoms with Gasteiger partial charge in [-0.1, -0.05) is 30.3 Å². The van der Waals surface area contributed by atoms with E-state index in [1.54, 1.807) is 11.9 Å². The first-order chi connectivity index (χ1) is 11.6. The van der Waals surface area contributed by atoms with E-state index in [0.29, 0.717) is 24.6 Å². The number of carbonyl (C=O) groups excluding carboxylic acids is 1. The molecular weight excluding hydrogens is 302 g/mol. The van der Waals surface area contributed by atoms with Crippen molar-refractivity contribution in [3.05, 3.63) is 65.7 Å². The number of likely N-dealkylation sites (N-methyl/N-ethyl adjacent to an activating group) is 1. The molecule has 1 amide bonds. The Hall–Kier alpha value is -2.33. The van der Waals surface area contributed by atoms with Crippen LogP contribution in [-0.4, -0.2) is 35.6 Å². The number of benzene rings is 2. The Morgan fingerprint density at radius 2 is 1.83 bits per heavy atom. The molecule has 0 aromatic heterocycles. The van der Waals surface area contributed by atoms with Crippen molar-refractivity contribution < 1.29 is 14.6 Å². The molecule has 3 rings (SSSR count). The van der Waals surface area contributed by atoms with Crippen molar-refractivity contribution in [1.29, 1.82) is 0 Å². The van der Waals surface area contributed by atoms with Crippen molar-refractivity contribution >= 4 is 5.91 Å². The van der Waals surface area contributed by atoms with Crippen LogP contribution in [0.5, 0.6) is 5.75 Å². The van der Waals surface area contributed by atoms with Gasteiger partial charge in [0.15, 0.2) is 0 Å². The van der Waals surface area contributed by atoms with Gasteiger partial charge in [0.25, 0.3) is 5.91 Å².